The first-order chi connectivity index (χ1) is 14.3. The van der Waals surface area contributed by atoms with E-state index in [0.29, 0.717) is 32.2 Å². The molecule has 1 atom stereocenters. The monoisotopic (exact) mass is 414 g/mol. The summed E-state index contributed by atoms with van der Waals surface area (Å²) in [6.07, 6.45) is 1.35. The number of benzene rings is 1. The number of aliphatic hydroxyl groups excluding tert-OH is 1. The Morgan fingerprint density at radius 2 is 1.93 bits per heavy atom. The highest BCUT2D eigenvalue weighted by Gasteiger charge is 2.33. The van der Waals surface area contributed by atoms with Crippen LogP contribution in [0.15, 0.2) is 36.5 Å². The van der Waals surface area contributed by atoms with E-state index in [0.717, 1.165) is 16.8 Å². The van der Waals surface area contributed by atoms with Gasteiger partial charge in [-0.15, -0.1) is 0 Å². The van der Waals surface area contributed by atoms with Crippen LogP contribution in [-0.4, -0.2) is 71.1 Å². The molecule has 30 heavy (non-hydrogen) atoms. The summed E-state index contributed by atoms with van der Waals surface area (Å²) in [6, 6.07) is 9.59. The number of amides is 1. The zero-order valence-corrected chi connectivity index (χ0v) is 18.0. The predicted octanol–water partition coefficient (Wildman–Crippen LogP) is 2.71. The summed E-state index contributed by atoms with van der Waals surface area (Å²) >= 11 is 0. The largest absolute Gasteiger partial charge is 0.444 e. The van der Waals surface area contributed by atoms with Crippen LogP contribution in [0.3, 0.4) is 0 Å². The number of methoxy groups -OCH3 is 1. The Kier molecular flexibility index (Phi) is 6.89. The molecule has 3 rings (SSSR count). The van der Waals surface area contributed by atoms with Crippen molar-refractivity contribution in [1.29, 1.82) is 0 Å². The molecule has 2 heterocycles. The maximum Gasteiger partial charge on any atom is 0.410 e. The third kappa shape index (κ3) is 5.46. The lowest BCUT2D eigenvalue weighted by molar-refractivity contribution is 0.0196. The van der Waals surface area contributed by atoms with E-state index in [-0.39, 0.29) is 18.7 Å². The highest BCUT2D eigenvalue weighted by Crippen LogP contribution is 2.23. The van der Waals surface area contributed by atoms with Gasteiger partial charge in [0.25, 0.3) is 0 Å². The Morgan fingerprint density at radius 1 is 1.20 bits per heavy atom. The number of rotatable bonds is 5. The van der Waals surface area contributed by atoms with Gasteiger partial charge in [0, 0.05) is 38.5 Å². The number of nitrogens with zero attached hydrogens (tertiary/aromatic N) is 4. The Morgan fingerprint density at radius 3 is 2.57 bits per heavy atom. The Balaban J connectivity index is 1.74. The van der Waals surface area contributed by atoms with Crippen LogP contribution in [0.1, 0.15) is 26.3 Å². The van der Waals surface area contributed by atoms with Crippen molar-refractivity contribution in [1.82, 2.24) is 14.9 Å². The van der Waals surface area contributed by atoms with Crippen LogP contribution < -0.4 is 4.90 Å². The van der Waals surface area contributed by atoms with Gasteiger partial charge in [-0.3, -0.25) is 0 Å². The normalized spacial score (nSPS) is 17.2. The topological polar surface area (TPSA) is 88.0 Å². The van der Waals surface area contributed by atoms with Gasteiger partial charge in [0.15, 0.2) is 0 Å². The second-order valence-electron chi connectivity index (χ2n) is 8.33. The van der Waals surface area contributed by atoms with E-state index >= 15 is 0 Å². The van der Waals surface area contributed by atoms with E-state index < -0.39 is 5.60 Å². The van der Waals surface area contributed by atoms with E-state index in [4.69, 9.17) is 14.5 Å². The third-order valence-electron chi connectivity index (χ3n) is 4.81. The number of piperazine rings is 1. The molecule has 1 aromatic carbocycles. The highest BCUT2D eigenvalue weighted by atomic mass is 16.6. The molecule has 1 saturated heterocycles. The SMILES string of the molecule is COCc1ccc(-c2ccnc(N3CCN(C(=O)OC(C)(C)C)CC3CO)n2)cc1. The van der Waals surface area contributed by atoms with E-state index in [2.05, 4.69) is 4.98 Å². The number of aliphatic hydroxyl groups is 1. The predicted molar refractivity (Wildman–Crippen MR) is 114 cm³/mol. The summed E-state index contributed by atoms with van der Waals surface area (Å²) in [5, 5.41) is 9.93. The Labute approximate surface area is 177 Å². The summed E-state index contributed by atoms with van der Waals surface area (Å²) < 4.78 is 10.6. The van der Waals surface area contributed by atoms with Crippen LogP contribution in [0, 0.1) is 0 Å². The van der Waals surface area contributed by atoms with Crippen molar-refractivity contribution < 1.29 is 19.4 Å². The van der Waals surface area contributed by atoms with Gasteiger partial charge in [-0.05, 0) is 32.4 Å². The minimum absolute atomic E-state index is 0.112. The van der Waals surface area contributed by atoms with Crippen molar-refractivity contribution in [3.8, 4) is 11.3 Å². The molecule has 1 aliphatic heterocycles. The number of carbonyl (C=O) groups excluding carboxylic acids is 1. The van der Waals surface area contributed by atoms with Crippen molar-refractivity contribution >= 4 is 12.0 Å². The number of anilines is 1. The van der Waals surface area contributed by atoms with Gasteiger partial charge < -0.3 is 24.4 Å². The van der Waals surface area contributed by atoms with Crippen LogP contribution in [0.2, 0.25) is 0 Å². The molecule has 8 heteroatoms. The highest BCUT2D eigenvalue weighted by molar-refractivity contribution is 5.69. The fourth-order valence-corrected chi connectivity index (χ4v) is 3.35. The van der Waals surface area contributed by atoms with Crippen molar-refractivity contribution in [2.75, 3.05) is 38.3 Å². The Hall–Kier alpha value is -2.71. The van der Waals surface area contributed by atoms with Crippen LogP contribution in [-0.2, 0) is 16.1 Å². The second kappa shape index (κ2) is 9.40. The van der Waals surface area contributed by atoms with Crippen molar-refractivity contribution in [3.05, 3.63) is 42.1 Å². The first kappa shape index (κ1) is 22.0. The molecule has 2 aromatic rings. The molecular weight excluding hydrogens is 384 g/mol. The third-order valence-corrected chi connectivity index (χ3v) is 4.81. The minimum Gasteiger partial charge on any atom is -0.444 e. The van der Waals surface area contributed by atoms with Crippen molar-refractivity contribution in [2.45, 2.75) is 39.0 Å². The summed E-state index contributed by atoms with van der Waals surface area (Å²) in [5.41, 5.74) is 2.31. The molecule has 0 aliphatic carbocycles. The smallest absolute Gasteiger partial charge is 0.410 e. The number of carbonyl (C=O) groups is 1. The van der Waals surface area contributed by atoms with Gasteiger partial charge in [0.05, 0.1) is 24.9 Å². The molecule has 1 N–H and O–H groups in total. The molecule has 1 aromatic heterocycles. The molecule has 1 aliphatic rings. The van der Waals surface area contributed by atoms with E-state index in [1.54, 1.807) is 18.2 Å². The van der Waals surface area contributed by atoms with Crippen molar-refractivity contribution in [2.24, 2.45) is 0 Å². The van der Waals surface area contributed by atoms with Crippen LogP contribution in [0.4, 0.5) is 10.7 Å². The number of hydrogen-bond acceptors (Lipinski definition) is 7. The number of aromatic nitrogens is 2. The molecule has 0 radical (unpaired) electrons. The first-order valence-corrected chi connectivity index (χ1v) is 10.1. The molecule has 8 nitrogen and oxygen atoms in total. The molecule has 1 amide bonds. The maximum absolute atomic E-state index is 12.4. The average molecular weight is 415 g/mol. The standard InChI is InChI=1S/C22H30N4O4/c1-22(2,3)30-21(28)25-11-12-26(18(13-25)14-27)20-23-10-9-19(24-20)17-7-5-16(6-8-17)15-29-4/h5-10,18,27H,11-15H2,1-4H3. The summed E-state index contributed by atoms with van der Waals surface area (Å²) in [6.45, 7) is 7.31. The fraction of sp³-hybridized carbons (Fsp3) is 0.500. The van der Waals surface area contributed by atoms with Crippen LogP contribution in [0.5, 0.6) is 0 Å². The molecule has 0 saturated carbocycles. The van der Waals surface area contributed by atoms with Gasteiger partial charge in [-0.1, -0.05) is 24.3 Å². The number of ether oxygens (including phenoxy) is 2. The first-order valence-electron chi connectivity index (χ1n) is 10.1. The molecule has 162 valence electrons. The molecular formula is C22H30N4O4. The molecule has 0 spiro atoms. The van der Waals surface area contributed by atoms with E-state index in [1.807, 2.05) is 56.0 Å². The fourth-order valence-electron chi connectivity index (χ4n) is 3.35. The molecule has 1 fully saturated rings. The van der Waals surface area contributed by atoms with Gasteiger partial charge in [0.2, 0.25) is 5.95 Å². The summed E-state index contributed by atoms with van der Waals surface area (Å²) in [7, 11) is 1.67. The van der Waals surface area contributed by atoms with Crippen molar-refractivity contribution in [3.63, 3.8) is 0 Å². The minimum atomic E-state index is -0.556. The zero-order valence-electron chi connectivity index (χ0n) is 18.0. The van der Waals surface area contributed by atoms with Gasteiger partial charge in [-0.2, -0.15) is 0 Å². The van der Waals surface area contributed by atoms with Crippen LogP contribution >= 0.6 is 0 Å². The second-order valence-corrected chi connectivity index (χ2v) is 8.33. The van der Waals surface area contributed by atoms with Gasteiger partial charge in [-0.25, -0.2) is 14.8 Å². The summed E-state index contributed by atoms with van der Waals surface area (Å²) in [5.74, 6) is 0.538. The van der Waals surface area contributed by atoms with E-state index in [1.165, 1.54) is 0 Å². The van der Waals surface area contributed by atoms with E-state index in [9.17, 15) is 9.90 Å². The van der Waals surface area contributed by atoms with Gasteiger partial charge >= 0.3 is 6.09 Å². The Bertz CT molecular complexity index is 851. The van der Waals surface area contributed by atoms with Gasteiger partial charge in [0.1, 0.15) is 5.60 Å². The summed E-state index contributed by atoms with van der Waals surface area (Å²) in [4.78, 5) is 25.1. The van der Waals surface area contributed by atoms with Crippen LogP contribution in [0.25, 0.3) is 11.3 Å². The lowest BCUT2D eigenvalue weighted by atomic mass is 10.1. The lowest BCUT2D eigenvalue weighted by Gasteiger charge is -2.40. The maximum atomic E-state index is 12.4. The zero-order chi connectivity index (χ0) is 21.7. The number of hydrogen-bond donors (Lipinski definition) is 1. The lowest BCUT2D eigenvalue weighted by Crippen LogP contribution is -2.57. The molecule has 1 unspecified atom stereocenters. The molecule has 0 bridgehead atoms. The average Bonchev–Trinajstić information content (AvgIpc) is 2.73. The quantitative estimate of drug-likeness (QED) is 0.805.